The lowest BCUT2D eigenvalue weighted by atomic mass is 10.2. The van der Waals surface area contributed by atoms with Gasteiger partial charge in [0, 0.05) is 11.3 Å². The number of benzene rings is 2. The molecule has 0 radical (unpaired) electrons. The second kappa shape index (κ2) is 6.16. The summed E-state index contributed by atoms with van der Waals surface area (Å²) in [5.74, 6) is 1.28. The van der Waals surface area contributed by atoms with Crippen LogP contribution in [0.1, 0.15) is 5.56 Å². The number of rotatable bonds is 4. The first kappa shape index (κ1) is 15.4. The van der Waals surface area contributed by atoms with E-state index in [0.29, 0.717) is 26.6 Å². The van der Waals surface area contributed by atoms with Crippen LogP contribution in [-0.2, 0) is 15.6 Å². The fourth-order valence-corrected chi connectivity index (χ4v) is 3.07. The molecule has 0 saturated heterocycles. The van der Waals surface area contributed by atoms with Crippen molar-refractivity contribution < 1.29 is 13.2 Å². The van der Waals surface area contributed by atoms with E-state index in [2.05, 4.69) is 15.9 Å². The van der Waals surface area contributed by atoms with Crippen LogP contribution in [0.5, 0.6) is 11.5 Å². The molecule has 0 heterocycles. The molecule has 0 aliphatic heterocycles. The zero-order valence-corrected chi connectivity index (χ0v) is 13.8. The van der Waals surface area contributed by atoms with Gasteiger partial charge in [-0.2, -0.15) is 0 Å². The third kappa shape index (κ3) is 4.51. The standard InChI is InChI=1S/C14H12BrClO3S/c1-20(17,18)9-10-2-7-14(13(15)8-10)19-12-5-3-11(16)4-6-12/h2-8H,9H2,1H3. The Kier molecular flexibility index (Phi) is 4.73. The summed E-state index contributed by atoms with van der Waals surface area (Å²) in [5, 5.41) is 0.639. The molecule has 0 amide bonds. The Hall–Kier alpha value is -1.04. The Bertz CT molecular complexity index is 712. The molecular formula is C14H12BrClO3S. The molecule has 0 aromatic heterocycles. The monoisotopic (exact) mass is 374 g/mol. The minimum absolute atomic E-state index is 0.00677. The van der Waals surface area contributed by atoms with Crippen molar-refractivity contribution in [2.24, 2.45) is 0 Å². The number of sulfone groups is 1. The molecule has 0 atom stereocenters. The smallest absolute Gasteiger partial charge is 0.151 e. The van der Waals surface area contributed by atoms with Crippen LogP contribution < -0.4 is 4.74 Å². The molecule has 6 heteroatoms. The zero-order chi connectivity index (χ0) is 14.8. The number of hydrogen-bond acceptors (Lipinski definition) is 3. The zero-order valence-electron chi connectivity index (χ0n) is 10.6. The molecule has 20 heavy (non-hydrogen) atoms. The highest BCUT2D eigenvalue weighted by Crippen LogP contribution is 2.31. The van der Waals surface area contributed by atoms with Gasteiger partial charge in [-0.05, 0) is 57.9 Å². The van der Waals surface area contributed by atoms with E-state index in [4.69, 9.17) is 16.3 Å². The number of hydrogen-bond donors (Lipinski definition) is 0. The summed E-state index contributed by atoms with van der Waals surface area (Å²) >= 11 is 9.19. The lowest BCUT2D eigenvalue weighted by molar-refractivity contribution is 0.479. The Morgan fingerprint density at radius 3 is 2.35 bits per heavy atom. The molecule has 0 aliphatic rings. The van der Waals surface area contributed by atoms with Gasteiger partial charge in [0.1, 0.15) is 11.5 Å². The van der Waals surface area contributed by atoms with Gasteiger partial charge in [0.15, 0.2) is 9.84 Å². The molecule has 2 aromatic carbocycles. The summed E-state index contributed by atoms with van der Waals surface area (Å²) < 4.78 is 28.9. The molecule has 0 fully saturated rings. The molecule has 0 spiro atoms. The van der Waals surface area contributed by atoms with E-state index in [9.17, 15) is 8.42 Å². The molecule has 0 saturated carbocycles. The second-order valence-corrected chi connectivity index (χ2v) is 7.82. The SMILES string of the molecule is CS(=O)(=O)Cc1ccc(Oc2ccc(Cl)cc2)c(Br)c1. The third-order valence-electron chi connectivity index (χ3n) is 2.47. The second-order valence-electron chi connectivity index (χ2n) is 4.39. The first-order valence-corrected chi connectivity index (χ1v) is 8.96. The van der Waals surface area contributed by atoms with Crippen LogP contribution in [0, 0.1) is 0 Å². The van der Waals surface area contributed by atoms with E-state index in [1.54, 1.807) is 42.5 Å². The molecule has 0 unspecified atom stereocenters. The molecular weight excluding hydrogens is 364 g/mol. The van der Waals surface area contributed by atoms with Crippen molar-refractivity contribution in [3.8, 4) is 11.5 Å². The quantitative estimate of drug-likeness (QED) is 0.793. The summed E-state index contributed by atoms with van der Waals surface area (Å²) in [7, 11) is -3.05. The van der Waals surface area contributed by atoms with E-state index < -0.39 is 9.84 Å². The summed E-state index contributed by atoms with van der Waals surface area (Å²) in [5.41, 5.74) is 0.711. The van der Waals surface area contributed by atoms with E-state index in [-0.39, 0.29) is 5.75 Å². The summed E-state index contributed by atoms with van der Waals surface area (Å²) in [6, 6.07) is 12.2. The third-order valence-corrected chi connectivity index (χ3v) is 4.20. The summed E-state index contributed by atoms with van der Waals surface area (Å²) in [6.45, 7) is 0. The van der Waals surface area contributed by atoms with Crippen LogP contribution in [0.4, 0.5) is 0 Å². The van der Waals surface area contributed by atoms with Crippen molar-refractivity contribution in [2.45, 2.75) is 5.75 Å². The highest BCUT2D eigenvalue weighted by molar-refractivity contribution is 9.10. The van der Waals surface area contributed by atoms with Gasteiger partial charge in [0.2, 0.25) is 0 Å². The topological polar surface area (TPSA) is 43.4 Å². The minimum Gasteiger partial charge on any atom is -0.456 e. The van der Waals surface area contributed by atoms with E-state index in [1.807, 2.05) is 0 Å². The first-order valence-electron chi connectivity index (χ1n) is 5.73. The molecule has 106 valence electrons. The summed E-state index contributed by atoms with van der Waals surface area (Å²) in [4.78, 5) is 0. The lowest BCUT2D eigenvalue weighted by Gasteiger charge is -2.09. The van der Waals surface area contributed by atoms with Crippen LogP contribution in [0.15, 0.2) is 46.9 Å². The maximum atomic E-state index is 11.3. The van der Waals surface area contributed by atoms with Crippen molar-refractivity contribution in [3.05, 3.63) is 57.5 Å². The number of halogens is 2. The Morgan fingerprint density at radius 1 is 1.15 bits per heavy atom. The molecule has 3 nitrogen and oxygen atoms in total. The lowest BCUT2D eigenvalue weighted by Crippen LogP contribution is -2.00. The van der Waals surface area contributed by atoms with Gasteiger partial charge in [0.25, 0.3) is 0 Å². The van der Waals surface area contributed by atoms with E-state index in [1.165, 1.54) is 6.26 Å². The van der Waals surface area contributed by atoms with Gasteiger partial charge < -0.3 is 4.74 Å². The number of ether oxygens (including phenoxy) is 1. The van der Waals surface area contributed by atoms with Gasteiger partial charge in [0.05, 0.1) is 10.2 Å². The fourth-order valence-electron chi connectivity index (χ4n) is 1.65. The highest BCUT2D eigenvalue weighted by Gasteiger charge is 2.08. The van der Waals surface area contributed by atoms with Crippen LogP contribution in [-0.4, -0.2) is 14.7 Å². The van der Waals surface area contributed by atoms with Gasteiger partial charge in [-0.3, -0.25) is 0 Å². The molecule has 2 aromatic rings. The fraction of sp³-hybridized carbons (Fsp3) is 0.143. The average molecular weight is 376 g/mol. The van der Waals surface area contributed by atoms with E-state index in [0.717, 1.165) is 0 Å². The van der Waals surface area contributed by atoms with Gasteiger partial charge in [-0.25, -0.2) is 8.42 Å². The summed E-state index contributed by atoms with van der Waals surface area (Å²) in [6.07, 6.45) is 1.21. The maximum absolute atomic E-state index is 11.3. The van der Waals surface area contributed by atoms with E-state index >= 15 is 0 Å². The molecule has 2 rings (SSSR count). The minimum atomic E-state index is -3.05. The normalized spacial score (nSPS) is 11.3. The predicted molar refractivity (Wildman–Crippen MR) is 84.2 cm³/mol. The van der Waals surface area contributed by atoms with Crippen molar-refractivity contribution in [1.29, 1.82) is 0 Å². The maximum Gasteiger partial charge on any atom is 0.151 e. The Labute approximate surface area is 131 Å². The first-order chi connectivity index (χ1) is 9.33. The largest absolute Gasteiger partial charge is 0.456 e. The molecule has 0 aliphatic carbocycles. The average Bonchev–Trinajstić information content (AvgIpc) is 2.33. The van der Waals surface area contributed by atoms with Gasteiger partial charge in [-0.1, -0.05) is 17.7 Å². The molecule has 0 bridgehead atoms. The van der Waals surface area contributed by atoms with Crippen LogP contribution >= 0.6 is 27.5 Å². The highest BCUT2D eigenvalue weighted by atomic mass is 79.9. The molecule has 0 N–H and O–H groups in total. The van der Waals surface area contributed by atoms with Gasteiger partial charge in [-0.15, -0.1) is 0 Å². The van der Waals surface area contributed by atoms with Crippen molar-refractivity contribution in [3.63, 3.8) is 0 Å². The Balaban J connectivity index is 2.19. The van der Waals surface area contributed by atoms with Gasteiger partial charge >= 0.3 is 0 Å². The Morgan fingerprint density at radius 2 is 1.80 bits per heavy atom. The van der Waals surface area contributed by atoms with Crippen molar-refractivity contribution >= 4 is 37.4 Å². The van der Waals surface area contributed by atoms with Crippen LogP contribution in [0.2, 0.25) is 5.02 Å². The van der Waals surface area contributed by atoms with Crippen LogP contribution in [0.3, 0.4) is 0 Å². The van der Waals surface area contributed by atoms with Crippen molar-refractivity contribution in [1.82, 2.24) is 0 Å². The predicted octanol–water partition coefficient (Wildman–Crippen LogP) is 4.44. The van der Waals surface area contributed by atoms with Crippen molar-refractivity contribution in [2.75, 3.05) is 6.26 Å². The van der Waals surface area contributed by atoms with Crippen LogP contribution in [0.25, 0.3) is 0 Å².